The Labute approximate surface area is 112 Å². The van der Waals surface area contributed by atoms with Crippen LogP contribution in [0.3, 0.4) is 0 Å². The second-order valence-corrected chi connectivity index (χ2v) is 5.99. The summed E-state index contributed by atoms with van der Waals surface area (Å²) in [5.74, 6) is -0.743. The van der Waals surface area contributed by atoms with Crippen molar-refractivity contribution in [2.24, 2.45) is 5.41 Å². The summed E-state index contributed by atoms with van der Waals surface area (Å²) in [7, 11) is 0. The summed E-state index contributed by atoms with van der Waals surface area (Å²) in [6.07, 6.45) is -1.57. The molecule has 0 radical (unpaired) electrons. The Kier molecular flexibility index (Phi) is 4.87. The van der Waals surface area contributed by atoms with E-state index in [1.54, 1.807) is 20.8 Å². The minimum atomic E-state index is -2.63. The van der Waals surface area contributed by atoms with Crippen LogP contribution in [0.1, 0.15) is 40.5 Å². The first-order chi connectivity index (χ1) is 8.68. The lowest BCUT2D eigenvalue weighted by Gasteiger charge is -2.43. The van der Waals surface area contributed by atoms with E-state index in [1.165, 1.54) is 0 Å². The van der Waals surface area contributed by atoms with Gasteiger partial charge in [0.15, 0.2) is 0 Å². The van der Waals surface area contributed by atoms with E-state index in [-0.39, 0.29) is 5.91 Å². The molecule has 2 amide bonds. The highest BCUT2D eigenvalue weighted by molar-refractivity contribution is 5.97. The summed E-state index contributed by atoms with van der Waals surface area (Å²) in [5, 5.41) is 2.67. The van der Waals surface area contributed by atoms with Crippen molar-refractivity contribution >= 4 is 11.8 Å². The molecule has 1 N–H and O–H groups in total. The molecule has 0 aromatic carbocycles. The van der Waals surface area contributed by atoms with Crippen LogP contribution in [-0.4, -0.2) is 41.8 Å². The number of piperazine rings is 1. The average molecular weight is 276 g/mol. The highest BCUT2D eigenvalue weighted by atomic mass is 19.3. The number of hydrogen-bond acceptors (Lipinski definition) is 2. The van der Waals surface area contributed by atoms with Crippen molar-refractivity contribution in [2.75, 3.05) is 6.54 Å². The third-order valence-electron chi connectivity index (χ3n) is 3.26. The third kappa shape index (κ3) is 3.64. The summed E-state index contributed by atoms with van der Waals surface area (Å²) < 4.78 is 25.3. The van der Waals surface area contributed by atoms with Crippen LogP contribution in [0.5, 0.6) is 0 Å². The molecule has 0 bridgehead atoms. The molecule has 4 nitrogen and oxygen atoms in total. The van der Waals surface area contributed by atoms with Crippen LogP contribution >= 0.6 is 0 Å². The second-order valence-electron chi connectivity index (χ2n) is 5.99. The Morgan fingerprint density at radius 2 is 1.89 bits per heavy atom. The van der Waals surface area contributed by atoms with Gasteiger partial charge in [-0.25, -0.2) is 8.78 Å². The maximum atomic E-state index is 12.6. The molecule has 1 aliphatic rings. The molecule has 19 heavy (non-hydrogen) atoms. The fraction of sp³-hybridized carbons (Fsp3) is 0.846. The maximum absolute atomic E-state index is 12.6. The summed E-state index contributed by atoms with van der Waals surface area (Å²) in [4.78, 5) is 25.4. The Hall–Kier alpha value is -1.20. The number of nitrogens with one attached hydrogen (secondary N) is 1. The quantitative estimate of drug-likeness (QED) is 0.851. The first kappa shape index (κ1) is 15.9. The lowest BCUT2D eigenvalue weighted by Crippen LogP contribution is -2.67. The molecule has 0 aliphatic carbocycles. The molecular formula is C13H22F2N2O2. The van der Waals surface area contributed by atoms with Gasteiger partial charge in [0.2, 0.25) is 11.8 Å². The number of halogens is 2. The Morgan fingerprint density at radius 3 is 2.32 bits per heavy atom. The van der Waals surface area contributed by atoms with E-state index in [1.807, 2.05) is 6.92 Å². The zero-order valence-electron chi connectivity index (χ0n) is 11.9. The van der Waals surface area contributed by atoms with Gasteiger partial charge in [-0.15, -0.1) is 0 Å². The van der Waals surface area contributed by atoms with Crippen molar-refractivity contribution in [2.45, 2.75) is 59.0 Å². The molecule has 1 fully saturated rings. The molecule has 2 atom stereocenters. The number of carbonyl (C=O) groups is 2. The van der Waals surface area contributed by atoms with Crippen LogP contribution in [0.25, 0.3) is 0 Å². The van der Waals surface area contributed by atoms with Gasteiger partial charge in [0.05, 0.1) is 6.54 Å². The summed E-state index contributed by atoms with van der Waals surface area (Å²) in [6.45, 7) is 6.58. The summed E-state index contributed by atoms with van der Waals surface area (Å²) in [5.41, 5.74) is -0.496. The SMILES string of the molecule is CCCC1C(=O)NC(C(C)(C)C)C(=O)N1CC(F)F. The van der Waals surface area contributed by atoms with Crippen LogP contribution < -0.4 is 5.32 Å². The number of hydrogen-bond donors (Lipinski definition) is 1. The molecule has 6 heteroatoms. The van der Waals surface area contributed by atoms with E-state index < -0.39 is 36.4 Å². The van der Waals surface area contributed by atoms with Crippen molar-refractivity contribution in [1.29, 1.82) is 0 Å². The van der Waals surface area contributed by atoms with E-state index in [9.17, 15) is 18.4 Å². The Bertz CT molecular complexity index is 353. The van der Waals surface area contributed by atoms with Crippen LogP contribution in [0.2, 0.25) is 0 Å². The Balaban J connectivity index is 3.01. The number of nitrogens with zero attached hydrogens (tertiary/aromatic N) is 1. The largest absolute Gasteiger partial charge is 0.342 e. The average Bonchev–Trinajstić information content (AvgIpc) is 2.26. The molecular weight excluding hydrogens is 254 g/mol. The molecule has 1 heterocycles. The molecule has 110 valence electrons. The van der Waals surface area contributed by atoms with Crippen molar-refractivity contribution in [3.05, 3.63) is 0 Å². The van der Waals surface area contributed by atoms with Crippen LogP contribution in [0, 0.1) is 5.41 Å². The van der Waals surface area contributed by atoms with Gasteiger partial charge in [0.1, 0.15) is 12.1 Å². The first-order valence-corrected chi connectivity index (χ1v) is 6.57. The van der Waals surface area contributed by atoms with E-state index in [4.69, 9.17) is 0 Å². The topological polar surface area (TPSA) is 49.4 Å². The number of rotatable bonds is 4. The minimum absolute atomic E-state index is 0.331. The van der Waals surface area contributed by atoms with Gasteiger partial charge < -0.3 is 10.2 Å². The standard InChI is InChI=1S/C13H22F2N2O2/c1-5-6-8-11(18)16-10(13(2,3)4)12(19)17(8)7-9(14)15/h8-10H,5-7H2,1-4H3,(H,16,18). The van der Waals surface area contributed by atoms with Crippen molar-refractivity contribution < 1.29 is 18.4 Å². The van der Waals surface area contributed by atoms with Gasteiger partial charge in [-0.3, -0.25) is 9.59 Å². The van der Waals surface area contributed by atoms with Gasteiger partial charge in [-0.1, -0.05) is 34.1 Å². The lowest BCUT2D eigenvalue weighted by molar-refractivity contribution is -0.154. The molecule has 1 rings (SSSR count). The molecule has 0 aromatic rings. The van der Waals surface area contributed by atoms with Crippen LogP contribution in [0.15, 0.2) is 0 Å². The first-order valence-electron chi connectivity index (χ1n) is 6.57. The molecule has 0 saturated carbocycles. The fourth-order valence-corrected chi connectivity index (χ4v) is 2.27. The van der Waals surface area contributed by atoms with Crippen LogP contribution in [0.4, 0.5) is 8.78 Å². The van der Waals surface area contributed by atoms with E-state index in [0.717, 1.165) is 4.90 Å². The van der Waals surface area contributed by atoms with Gasteiger partial charge in [0, 0.05) is 0 Å². The highest BCUT2D eigenvalue weighted by Gasteiger charge is 2.45. The van der Waals surface area contributed by atoms with E-state index >= 15 is 0 Å². The van der Waals surface area contributed by atoms with Gasteiger partial charge in [0.25, 0.3) is 6.43 Å². The fourth-order valence-electron chi connectivity index (χ4n) is 2.27. The smallest absolute Gasteiger partial charge is 0.255 e. The summed E-state index contributed by atoms with van der Waals surface area (Å²) in [6, 6.07) is -1.52. The predicted octanol–water partition coefficient (Wildman–Crippen LogP) is 1.79. The molecule has 2 unspecified atom stereocenters. The van der Waals surface area contributed by atoms with Gasteiger partial charge in [-0.05, 0) is 11.8 Å². The second kappa shape index (κ2) is 5.84. The van der Waals surface area contributed by atoms with Gasteiger partial charge >= 0.3 is 0 Å². The van der Waals surface area contributed by atoms with Crippen molar-refractivity contribution in [3.8, 4) is 0 Å². The zero-order chi connectivity index (χ0) is 14.8. The van der Waals surface area contributed by atoms with Crippen molar-refractivity contribution in [1.82, 2.24) is 10.2 Å². The monoisotopic (exact) mass is 276 g/mol. The van der Waals surface area contributed by atoms with Gasteiger partial charge in [-0.2, -0.15) is 0 Å². The van der Waals surface area contributed by atoms with Crippen LogP contribution in [-0.2, 0) is 9.59 Å². The van der Waals surface area contributed by atoms with E-state index in [2.05, 4.69) is 5.32 Å². The number of carbonyl (C=O) groups excluding carboxylic acids is 2. The lowest BCUT2D eigenvalue weighted by atomic mass is 9.83. The minimum Gasteiger partial charge on any atom is -0.342 e. The predicted molar refractivity (Wildman–Crippen MR) is 67.8 cm³/mol. The Morgan fingerprint density at radius 1 is 1.32 bits per heavy atom. The van der Waals surface area contributed by atoms with Crippen molar-refractivity contribution in [3.63, 3.8) is 0 Å². The molecule has 0 spiro atoms. The maximum Gasteiger partial charge on any atom is 0.255 e. The molecule has 0 aromatic heterocycles. The molecule has 1 aliphatic heterocycles. The summed E-state index contributed by atoms with van der Waals surface area (Å²) >= 11 is 0. The highest BCUT2D eigenvalue weighted by Crippen LogP contribution is 2.26. The number of amides is 2. The normalized spacial score (nSPS) is 24.9. The zero-order valence-corrected chi connectivity index (χ0v) is 11.9. The van der Waals surface area contributed by atoms with E-state index in [0.29, 0.717) is 12.8 Å². The third-order valence-corrected chi connectivity index (χ3v) is 3.26. The number of alkyl halides is 2. The molecule has 1 saturated heterocycles.